The molecule has 0 bridgehead atoms. The minimum Gasteiger partial charge on any atom is -0.464 e. The summed E-state index contributed by atoms with van der Waals surface area (Å²) in [4.78, 5) is 11.2. The van der Waals surface area contributed by atoms with Gasteiger partial charge in [0.25, 0.3) is 0 Å². The van der Waals surface area contributed by atoms with Crippen molar-refractivity contribution >= 4 is 5.97 Å². The first-order valence-electron chi connectivity index (χ1n) is 4.70. The van der Waals surface area contributed by atoms with Gasteiger partial charge in [-0.05, 0) is 12.5 Å². The molecule has 74 valence electrons. The van der Waals surface area contributed by atoms with E-state index in [1.807, 2.05) is 30.3 Å². The summed E-state index contributed by atoms with van der Waals surface area (Å²) in [5.41, 5.74) is 1.03. The molecule has 0 aromatic heterocycles. The Balaban J connectivity index is 1.96. The lowest BCUT2D eigenvalue weighted by Gasteiger charge is -1.96. The zero-order valence-corrected chi connectivity index (χ0v) is 7.97. The predicted molar refractivity (Wildman–Crippen MR) is 50.7 cm³/mol. The first-order chi connectivity index (χ1) is 6.83. The van der Waals surface area contributed by atoms with Gasteiger partial charge in [-0.25, -0.2) is 4.79 Å². The number of rotatable bonds is 3. The molecule has 3 heteroatoms. The third-order valence-corrected chi connectivity index (χ3v) is 2.14. The molecule has 0 spiro atoms. The molecule has 1 aliphatic heterocycles. The Bertz CT molecular complexity index is 321. The lowest BCUT2D eigenvalue weighted by molar-refractivity contribution is -0.144. The molecule has 3 nitrogen and oxygen atoms in total. The number of hydrogen-bond donors (Lipinski definition) is 0. The van der Waals surface area contributed by atoms with Crippen LogP contribution in [0.5, 0.6) is 0 Å². The highest BCUT2D eigenvalue weighted by molar-refractivity contribution is 5.78. The maximum Gasteiger partial charge on any atom is 0.338 e. The summed E-state index contributed by atoms with van der Waals surface area (Å²) in [7, 11) is 0. The molecule has 1 aliphatic rings. The van der Waals surface area contributed by atoms with Gasteiger partial charge in [-0.2, -0.15) is 0 Å². The van der Waals surface area contributed by atoms with Gasteiger partial charge in [0.2, 0.25) is 0 Å². The number of benzene rings is 1. The van der Waals surface area contributed by atoms with Crippen LogP contribution in [0.15, 0.2) is 30.3 Å². The van der Waals surface area contributed by atoms with Crippen LogP contribution in [0.4, 0.5) is 0 Å². The summed E-state index contributed by atoms with van der Waals surface area (Å²) in [5, 5.41) is 0. The normalized spacial score (nSPS) is 24.4. The van der Waals surface area contributed by atoms with E-state index in [1.165, 1.54) is 0 Å². The van der Waals surface area contributed by atoms with Gasteiger partial charge in [-0.1, -0.05) is 30.3 Å². The fourth-order valence-electron chi connectivity index (χ4n) is 1.41. The van der Waals surface area contributed by atoms with E-state index >= 15 is 0 Å². The minimum absolute atomic E-state index is 0.102. The van der Waals surface area contributed by atoms with Crippen molar-refractivity contribution in [3.05, 3.63) is 35.9 Å². The summed E-state index contributed by atoms with van der Waals surface area (Å²) < 4.78 is 10.1. The summed E-state index contributed by atoms with van der Waals surface area (Å²) in [6.45, 7) is 2.19. The second-order valence-corrected chi connectivity index (χ2v) is 3.14. The van der Waals surface area contributed by atoms with E-state index in [1.54, 1.807) is 6.92 Å². The third-order valence-electron chi connectivity index (χ3n) is 2.14. The lowest BCUT2D eigenvalue weighted by Crippen LogP contribution is -2.11. The van der Waals surface area contributed by atoms with Crippen molar-refractivity contribution in [1.82, 2.24) is 0 Å². The quantitative estimate of drug-likeness (QED) is 0.540. The van der Waals surface area contributed by atoms with Gasteiger partial charge in [0, 0.05) is 0 Å². The van der Waals surface area contributed by atoms with Gasteiger partial charge in [-0.3, -0.25) is 0 Å². The van der Waals surface area contributed by atoms with E-state index in [0.29, 0.717) is 6.61 Å². The highest BCUT2D eigenvalue weighted by Gasteiger charge is 2.47. The van der Waals surface area contributed by atoms with Crippen LogP contribution < -0.4 is 0 Å². The molecule has 0 amide bonds. The zero-order valence-electron chi connectivity index (χ0n) is 7.97. The van der Waals surface area contributed by atoms with E-state index in [2.05, 4.69) is 0 Å². The molecular formula is C11H12O3. The van der Waals surface area contributed by atoms with E-state index in [-0.39, 0.29) is 12.1 Å². The van der Waals surface area contributed by atoms with Crippen LogP contribution in [0.3, 0.4) is 0 Å². The summed E-state index contributed by atoms with van der Waals surface area (Å²) in [6, 6.07) is 9.69. The van der Waals surface area contributed by atoms with Gasteiger partial charge in [0.05, 0.1) is 6.61 Å². The Morgan fingerprint density at radius 1 is 1.43 bits per heavy atom. The SMILES string of the molecule is CCOC(=O)[C@@H]1O[C@H]1c1ccccc1. The smallest absolute Gasteiger partial charge is 0.338 e. The standard InChI is InChI=1S/C11H12O3/c1-2-13-11(12)10-9(14-10)8-6-4-3-5-7-8/h3-7,9-10H,2H2,1H3/t9-,10+/m0/s1. The fraction of sp³-hybridized carbons (Fsp3) is 0.364. The third kappa shape index (κ3) is 1.77. The fourth-order valence-corrected chi connectivity index (χ4v) is 1.41. The molecule has 1 heterocycles. The topological polar surface area (TPSA) is 38.8 Å². The Kier molecular flexibility index (Phi) is 2.50. The Hall–Kier alpha value is -1.35. The molecule has 0 radical (unpaired) electrons. The average Bonchev–Trinajstić information content (AvgIpc) is 2.99. The number of carbonyl (C=O) groups excluding carboxylic acids is 1. The molecule has 0 unspecified atom stereocenters. The lowest BCUT2D eigenvalue weighted by atomic mass is 10.1. The van der Waals surface area contributed by atoms with Crippen LogP contribution >= 0.6 is 0 Å². The maximum absolute atomic E-state index is 11.2. The van der Waals surface area contributed by atoms with E-state index in [0.717, 1.165) is 5.56 Å². The summed E-state index contributed by atoms with van der Waals surface area (Å²) in [6.07, 6.45) is -0.493. The molecule has 0 saturated carbocycles. The van der Waals surface area contributed by atoms with Crippen LogP contribution in [-0.4, -0.2) is 18.7 Å². The molecule has 1 saturated heterocycles. The zero-order chi connectivity index (χ0) is 9.97. The molecule has 0 N–H and O–H groups in total. The van der Waals surface area contributed by atoms with Gasteiger partial charge >= 0.3 is 5.97 Å². The van der Waals surface area contributed by atoms with Crippen molar-refractivity contribution < 1.29 is 14.3 Å². The summed E-state index contributed by atoms with van der Waals surface area (Å²) in [5.74, 6) is -0.263. The van der Waals surface area contributed by atoms with Crippen LogP contribution in [0.25, 0.3) is 0 Å². The van der Waals surface area contributed by atoms with Crippen molar-refractivity contribution in [3.8, 4) is 0 Å². The largest absolute Gasteiger partial charge is 0.464 e. The van der Waals surface area contributed by atoms with Crippen molar-refractivity contribution in [2.45, 2.75) is 19.1 Å². The molecule has 0 aliphatic carbocycles. The number of hydrogen-bond acceptors (Lipinski definition) is 3. The van der Waals surface area contributed by atoms with Gasteiger partial charge < -0.3 is 9.47 Å². The maximum atomic E-state index is 11.2. The first kappa shape index (κ1) is 9.21. The second-order valence-electron chi connectivity index (χ2n) is 3.14. The monoisotopic (exact) mass is 192 g/mol. The highest BCUT2D eigenvalue weighted by Crippen LogP contribution is 2.39. The van der Waals surface area contributed by atoms with Crippen molar-refractivity contribution in [1.29, 1.82) is 0 Å². The number of esters is 1. The van der Waals surface area contributed by atoms with E-state index in [4.69, 9.17) is 9.47 Å². The Labute approximate surface area is 82.6 Å². The van der Waals surface area contributed by atoms with Crippen LogP contribution in [0, 0.1) is 0 Å². The van der Waals surface area contributed by atoms with Gasteiger partial charge in [-0.15, -0.1) is 0 Å². The molecule has 2 atom stereocenters. The number of ether oxygens (including phenoxy) is 2. The molecule has 1 aromatic rings. The van der Waals surface area contributed by atoms with Crippen LogP contribution in [0.1, 0.15) is 18.6 Å². The van der Waals surface area contributed by atoms with Crippen molar-refractivity contribution in [2.75, 3.05) is 6.61 Å². The summed E-state index contributed by atoms with van der Waals surface area (Å²) >= 11 is 0. The Morgan fingerprint density at radius 3 is 2.79 bits per heavy atom. The molecule has 14 heavy (non-hydrogen) atoms. The van der Waals surface area contributed by atoms with Crippen molar-refractivity contribution in [3.63, 3.8) is 0 Å². The van der Waals surface area contributed by atoms with Crippen molar-refractivity contribution in [2.24, 2.45) is 0 Å². The van der Waals surface area contributed by atoms with E-state index in [9.17, 15) is 4.79 Å². The molecule has 2 rings (SSSR count). The average molecular weight is 192 g/mol. The van der Waals surface area contributed by atoms with Gasteiger partial charge in [0.15, 0.2) is 6.10 Å². The minimum atomic E-state index is -0.391. The number of epoxide rings is 1. The number of carbonyl (C=O) groups is 1. The van der Waals surface area contributed by atoms with Crippen LogP contribution in [-0.2, 0) is 14.3 Å². The van der Waals surface area contributed by atoms with E-state index < -0.39 is 6.10 Å². The highest BCUT2D eigenvalue weighted by atomic mass is 16.6. The second kappa shape index (κ2) is 3.80. The first-order valence-corrected chi connectivity index (χ1v) is 4.70. The molecule has 1 aromatic carbocycles. The van der Waals surface area contributed by atoms with Gasteiger partial charge in [0.1, 0.15) is 6.10 Å². The molecule has 1 fully saturated rings. The van der Waals surface area contributed by atoms with Crippen LogP contribution in [0.2, 0.25) is 0 Å². The molecular weight excluding hydrogens is 180 g/mol. The Morgan fingerprint density at radius 2 is 2.14 bits per heavy atom. The predicted octanol–water partition coefficient (Wildman–Crippen LogP) is 1.69.